The fourth-order valence-corrected chi connectivity index (χ4v) is 2.84. The van der Waals surface area contributed by atoms with Crippen LogP contribution < -0.4 is 4.74 Å². The van der Waals surface area contributed by atoms with E-state index in [4.69, 9.17) is 11.6 Å². The maximum absolute atomic E-state index is 12.3. The molecule has 22 heavy (non-hydrogen) atoms. The largest absolute Gasteiger partial charge is 0.573 e. The summed E-state index contributed by atoms with van der Waals surface area (Å²) >= 11 is 5.73. The Hall–Kier alpha value is -1.83. The third-order valence-corrected chi connectivity index (χ3v) is 3.77. The highest BCUT2D eigenvalue weighted by atomic mass is 35.5. The van der Waals surface area contributed by atoms with Crippen molar-refractivity contribution in [2.24, 2.45) is 0 Å². The number of nitro groups is 1. The van der Waals surface area contributed by atoms with Crippen molar-refractivity contribution in [3.8, 4) is 5.75 Å². The van der Waals surface area contributed by atoms with Gasteiger partial charge in [0.25, 0.3) is 0 Å². The third-order valence-electron chi connectivity index (χ3n) is 3.55. The molecule has 2 rings (SSSR count). The molecule has 0 N–H and O–H groups in total. The summed E-state index contributed by atoms with van der Waals surface area (Å²) < 4.78 is 40.7. The van der Waals surface area contributed by atoms with Gasteiger partial charge in [0.05, 0.1) is 0 Å². The van der Waals surface area contributed by atoms with Crippen molar-refractivity contribution in [3.05, 3.63) is 38.9 Å². The number of hydrogen-bond donors (Lipinski definition) is 0. The van der Waals surface area contributed by atoms with Gasteiger partial charge in [0.1, 0.15) is 5.75 Å². The number of ether oxygens (including phenoxy) is 1. The van der Waals surface area contributed by atoms with Crippen molar-refractivity contribution in [1.29, 1.82) is 0 Å². The summed E-state index contributed by atoms with van der Waals surface area (Å²) in [6.45, 7) is 0. The number of nitrogens with zero attached hydrogens (tertiary/aromatic N) is 1. The van der Waals surface area contributed by atoms with Crippen LogP contribution >= 0.6 is 11.6 Å². The summed E-state index contributed by atoms with van der Waals surface area (Å²) in [7, 11) is 0. The van der Waals surface area contributed by atoms with Gasteiger partial charge in [-0.15, -0.1) is 13.2 Å². The summed E-state index contributed by atoms with van der Waals surface area (Å²) in [6.07, 6.45) is -4.09. The average Bonchev–Trinajstić information content (AvgIpc) is 2.36. The van der Waals surface area contributed by atoms with Crippen LogP contribution in [0.15, 0.2) is 18.2 Å². The third kappa shape index (κ3) is 3.16. The lowest BCUT2D eigenvalue weighted by molar-refractivity contribution is -0.563. The van der Waals surface area contributed by atoms with Crippen LogP contribution in [0.5, 0.6) is 5.75 Å². The quantitative estimate of drug-likeness (QED) is 0.620. The topological polar surface area (TPSA) is 69.4 Å². The molecule has 1 saturated carbocycles. The number of carbonyl (C=O) groups excluding carboxylic acids is 1. The summed E-state index contributed by atoms with van der Waals surface area (Å²) in [4.78, 5) is 22.8. The molecule has 1 unspecified atom stereocenters. The van der Waals surface area contributed by atoms with Crippen LogP contribution in [-0.2, 0) is 10.3 Å². The normalized spacial score (nSPS) is 22.5. The molecule has 0 spiro atoms. The molecule has 1 aromatic carbocycles. The second-order valence-corrected chi connectivity index (χ2v) is 5.41. The molecular weight excluding hydrogens is 327 g/mol. The minimum atomic E-state index is -4.96. The van der Waals surface area contributed by atoms with E-state index in [2.05, 4.69) is 4.74 Å². The number of carbonyl (C=O) groups is 1. The van der Waals surface area contributed by atoms with E-state index in [-0.39, 0.29) is 23.4 Å². The van der Waals surface area contributed by atoms with Gasteiger partial charge in [-0.25, -0.2) is 0 Å². The van der Waals surface area contributed by atoms with E-state index in [0.717, 1.165) is 18.2 Å². The molecular formula is C13H11ClF3NO4. The Morgan fingerprint density at radius 1 is 1.27 bits per heavy atom. The van der Waals surface area contributed by atoms with Crippen molar-refractivity contribution in [2.75, 3.05) is 0 Å². The molecule has 5 nitrogen and oxygen atoms in total. The predicted octanol–water partition coefficient (Wildman–Crippen LogP) is 3.85. The monoisotopic (exact) mass is 337 g/mol. The first-order valence-electron chi connectivity index (χ1n) is 6.40. The Morgan fingerprint density at radius 3 is 2.50 bits per heavy atom. The van der Waals surface area contributed by atoms with Crippen LogP contribution in [0.1, 0.15) is 31.2 Å². The molecule has 0 radical (unpaired) electrons. The van der Waals surface area contributed by atoms with Crippen molar-refractivity contribution < 1.29 is 27.6 Å². The lowest BCUT2D eigenvalue weighted by atomic mass is 9.76. The number of benzene rings is 1. The van der Waals surface area contributed by atoms with E-state index >= 15 is 0 Å². The lowest BCUT2D eigenvalue weighted by Crippen LogP contribution is -2.45. The second kappa shape index (κ2) is 5.75. The molecule has 1 aliphatic rings. The second-order valence-electron chi connectivity index (χ2n) is 4.97. The first-order chi connectivity index (χ1) is 10.1. The van der Waals surface area contributed by atoms with E-state index in [0.29, 0.717) is 12.8 Å². The van der Waals surface area contributed by atoms with E-state index in [9.17, 15) is 28.1 Å². The molecule has 1 aliphatic carbocycles. The van der Waals surface area contributed by atoms with Crippen molar-refractivity contribution >= 4 is 17.4 Å². The standard InChI is InChI=1S/C13H11ClF3NO4/c14-9-5-8(6-10(7-9)22-13(15,16)17)12(18(20)21)4-2-1-3-11(12)19/h5-7H,1-4H2. The Kier molecular flexibility index (Phi) is 4.32. The van der Waals surface area contributed by atoms with Gasteiger partial charge in [0.15, 0.2) is 0 Å². The van der Waals surface area contributed by atoms with Crippen LogP contribution in [0.25, 0.3) is 0 Å². The summed E-state index contributed by atoms with van der Waals surface area (Å²) in [5, 5.41) is 11.3. The molecule has 1 atom stereocenters. The predicted molar refractivity (Wildman–Crippen MR) is 70.3 cm³/mol. The fraction of sp³-hybridized carbons (Fsp3) is 0.462. The Bertz CT molecular complexity index is 620. The van der Waals surface area contributed by atoms with Gasteiger partial charge < -0.3 is 4.74 Å². The Balaban J connectivity index is 2.53. The number of Topliss-reactive ketones (excluding diaryl/α,β-unsaturated/α-hetero) is 1. The average molecular weight is 338 g/mol. The highest BCUT2D eigenvalue weighted by molar-refractivity contribution is 6.30. The maximum atomic E-state index is 12.3. The Morgan fingerprint density at radius 2 is 1.95 bits per heavy atom. The van der Waals surface area contributed by atoms with Gasteiger partial charge in [-0.05, 0) is 31.0 Å². The van der Waals surface area contributed by atoms with E-state index in [1.54, 1.807) is 0 Å². The molecule has 9 heteroatoms. The molecule has 1 fully saturated rings. The lowest BCUT2D eigenvalue weighted by Gasteiger charge is -2.28. The Labute approximate surface area is 128 Å². The number of alkyl halides is 3. The smallest absolute Gasteiger partial charge is 0.406 e. The number of halogens is 4. The zero-order valence-corrected chi connectivity index (χ0v) is 11.9. The number of ketones is 1. The highest BCUT2D eigenvalue weighted by Gasteiger charge is 2.53. The molecule has 0 saturated heterocycles. The zero-order valence-electron chi connectivity index (χ0n) is 11.2. The minimum absolute atomic E-state index is 0.00293. The van der Waals surface area contributed by atoms with Crippen LogP contribution in [0.3, 0.4) is 0 Å². The van der Waals surface area contributed by atoms with Gasteiger partial charge in [0.2, 0.25) is 5.78 Å². The number of hydrogen-bond acceptors (Lipinski definition) is 4. The van der Waals surface area contributed by atoms with Crippen molar-refractivity contribution in [1.82, 2.24) is 0 Å². The SMILES string of the molecule is O=C1CCCCC1(c1cc(Cl)cc(OC(F)(F)F)c1)[N+](=O)[O-]. The summed E-state index contributed by atoms with van der Waals surface area (Å²) in [5.74, 6) is -1.32. The molecule has 0 bridgehead atoms. The number of rotatable bonds is 3. The van der Waals surface area contributed by atoms with Crippen LogP contribution in [0.2, 0.25) is 5.02 Å². The van der Waals surface area contributed by atoms with Gasteiger partial charge in [-0.3, -0.25) is 14.9 Å². The summed E-state index contributed by atoms with van der Waals surface area (Å²) in [5.41, 5.74) is -2.25. The van der Waals surface area contributed by atoms with Crippen LogP contribution in [-0.4, -0.2) is 17.1 Å². The molecule has 120 valence electrons. The molecule has 0 aromatic heterocycles. The van der Waals surface area contributed by atoms with E-state index in [1.807, 2.05) is 0 Å². The van der Waals surface area contributed by atoms with Gasteiger partial charge in [-0.1, -0.05) is 11.6 Å². The van der Waals surface area contributed by atoms with E-state index < -0.39 is 28.4 Å². The van der Waals surface area contributed by atoms with Crippen molar-refractivity contribution in [2.45, 2.75) is 37.6 Å². The van der Waals surface area contributed by atoms with Crippen LogP contribution in [0.4, 0.5) is 13.2 Å². The molecule has 0 heterocycles. The molecule has 1 aromatic rings. The van der Waals surface area contributed by atoms with Gasteiger partial charge in [-0.2, -0.15) is 0 Å². The minimum Gasteiger partial charge on any atom is -0.406 e. The molecule has 0 aliphatic heterocycles. The summed E-state index contributed by atoms with van der Waals surface area (Å²) in [6, 6.07) is 2.88. The zero-order chi connectivity index (χ0) is 16.5. The molecule has 0 amide bonds. The van der Waals surface area contributed by atoms with Crippen molar-refractivity contribution in [3.63, 3.8) is 0 Å². The highest BCUT2D eigenvalue weighted by Crippen LogP contribution is 2.40. The van der Waals surface area contributed by atoms with Gasteiger partial charge in [0, 0.05) is 28.4 Å². The first kappa shape index (κ1) is 16.5. The first-order valence-corrected chi connectivity index (χ1v) is 6.77. The van der Waals surface area contributed by atoms with Gasteiger partial charge >= 0.3 is 11.9 Å². The fourth-order valence-electron chi connectivity index (χ4n) is 2.61. The maximum Gasteiger partial charge on any atom is 0.573 e. The van der Waals surface area contributed by atoms with Crippen LogP contribution in [0, 0.1) is 10.1 Å². The van der Waals surface area contributed by atoms with E-state index in [1.165, 1.54) is 0 Å².